The van der Waals surface area contributed by atoms with Gasteiger partial charge in [-0.3, -0.25) is 0 Å². The molecule has 0 aliphatic carbocycles. The topological polar surface area (TPSA) is 121 Å². The SMILES string of the molecule is COC(=O)c1sccc1S(=O)(=O)N1CCCC(c2nnc(-c3ccc4c(c3)OCO4)o2)C1. The molecule has 1 aromatic carbocycles. The number of fused-ring (bicyclic) bond motifs is 1. The number of sulfonamides is 1. The van der Waals surface area contributed by atoms with E-state index in [9.17, 15) is 13.2 Å². The third-order valence-electron chi connectivity index (χ3n) is 5.41. The van der Waals surface area contributed by atoms with E-state index < -0.39 is 16.0 Å². The third-order valence-corrected chi connectivity index (χ3v) is 8.34. The Morgan fingerprint density at radius 2 is 2.06 bits per heavy atom. The second-order valence-electron chi connectivity index (χ2n) is 7.32. The Morgan fingerprint density at radius 3 is 2.91 bits per heavy atom. The van der Waals surface area contributed by atoms with Crippen molar-refractivity contribution >= 4 is 27.3 Å². The van der Waals surface area contributed by atoms with Gasteiger partial charge < -0.3 is 18.6 Å². The van der Waals surface area contributed by atoms with Gasteiger partial charge in [-0.2, -0.15) is 4.31 Å². The number of carbonyl (C=O) groups excluding carboxylic acids is 1. The predicted molar refractivity (Wildman–Crippen MR) is 112 cm³/mol. The molecular weight excluding hydrogens is 458 g/mol. The third kappa shape index (κ3) is 3.63. The van der Waals surface area contributed by atoms with Gasteiger partial charge in [0.15, 0.2) is 11.5 Å². The second-order valence-corrected chi connectivity index (χ2v) is 10.1. The molecule has 1 saturated heterocycles. The lowest BCUT2D eigenvalue weighted by molar-refractivity contribution is 0.0602. The van der Waals surface area contributed by atoms with Crippen LogP contribution in [0.1, 0.15) is 34.3 Å². The molecule has 4 heterocycles. The molecule has 1 fully saturated rings. The molecule has 10 nitrogen and oxygen atoms in total. The van der Waals surface area contributed by atoms with Crippen molar-refractivity contribution in [1.82, 2.24) is 14.5 Å². The largest absolute Gasteiger partial charge is 0.465 e. The van der Waals surface area contributed by atoms with Crippen molar-refractivity contribution < 1.29 is 31.8 Å². The van der Waals surface area contributed by atoms with Crippen LogP contribution < -0.4 is 9.47 Å². The first-order chi connectivity index (χ1) is 15.5. The van der Waals surface area contributed by atoms with Crippen LogP contribution in [0.25, 0.3) is 11.5 Å². The number of methoxy groups -OCH3 is 1. The molecule has 2 aliphatic rings. The maximum atomic E-state index is 13.2. The lowest BCUT2D eigenvalue weighted by atomic mass is 10.00. The molecule has 1 atom stereocenters. The Hall–Kier alpha value is -2.96. The van der Waals surface area contributed by atoms with Crippen LogP contribution in [0.3, 0.4) is 0 Å². The monoisotopic (exact) mass is 477 g/mol. The summed E-state index contributed by atoms with van der Waals surface area (Å²) >= 11 is 1.04. The molecule has 2 aromatic heterocycles. The van der Waals surface area contributed by atoms with Crippen LogP contribution >= 0.6 is 11.3 Å². The molecular formula is C20H19N3O7S2. The van der Waals surface area contributed by atoms with Crippen molar-refractivity contribution in [2.45, 2.75) is 23.7 Å². The Bertz CT molecular complexity index is 1270. The van der Waals surface area contributed by atoms with Gasteiger partial charge in [0.25, 0.3) is 0 Å². The van der Waals surface area contributed by atoms with Crippen molar-refractivity contribution in [2.75, 3.05) is 27.0 Å². The first kappa shape index (κ1) is 20.9. The zero-order valence-corrected chi connectivity index (χ0v) is 18.6. The number of ether oxygens (including phenoxy) is 3. The average Bonchev–Trinajstić information content (AvgIpc) is 3.58. The van der Waals surface area contributed by atoms with E-state index in [-0.39, 0.29) is 29.0 Å². The molecule has 32 heavy (non-hydrogen) atoms. The van der Waals surface area contributed by atoms with Gasteiger partial charge in [-0.05, 0) is 42.5 Å². The molecule has 0 N–H and O–H groups in total. The maximum Gasteiger partial charge on any atom is 0.349 e. The second kappa shape index (κ2) is 8.19. The standard InChI is InChI=1S/C20H19N3O7S2/c1-27-20(24)17-16(6-8-31-17)32(25,26)23-7-2-3-13(10-23)19-22-21-18(30-19)12-4-5-14-15(9-12)29-11-28-14/h4-6,8-9,13H,2-3,7,10-11H2,1H3. The van der Waals surface area contributed by atoms with Gasteiger partial charge in [0, 0.05) is 18.7 Å². The van der Waals surface area contributed by atoms with E-state index in [2.05, 4.69) is 10.2 Å². The van der Waals surface area contributed by atoms with Crippen LogP contribution in [0.15, 0.2) is 39.0 Å². The molecule has 1 unspecified atom stereocenters. The first-order valence-corrected chi connectivity index (χ1v) is 12.2. The quantitative estimate of drug-likeness (QED) is 0.511. The number of benzene rings is 1. The Balaban J connectivity index is 1.37. The van der Waals surface area contributed by atoms with E-state index in [0.29, 0.717) is 48.2 Å². The lowest BCUT2D eigenvalue weighted by Crippen LogP contribution is -2.39. The minimum atomic E-state index is -3.87. The van der Waals surface area contributed by atoms with E-state index >= 15 is 0 Å². The summed E-state index contributed by atoms with van der Waals surface area (Å²) in [6.45, 7) is 0.697. The highest BCUT2D eigenvalue weighted by Crippen LogP contribution is 2.37. The Kier molecular flexibility index (Phi) is 5.35. The van der Waals surface area contributed by atoms with Crippen molar-refractivity contribution in [3.05, 3.63) is 40.4 Å². The first-order valence-electron chi connectivity index (χ1n) is 9.87. The summed E-state index contributed by atoms with van der Waals surface area (Å²) in [6, 6.07) is 6.77. The number of rotatable bonds is 5. The molecule has 3 aromatic rings. The minimum absolute atomic E-state index is 0.0402. The van der Waals surface area contributed by atoms with E-state index in [4.69, 9.17) is 18.6 Å². The van der Waals surface area contributed by atoms with Crippen LogP contribution in [-0.2, 0) is 14.8 Å². The number of nitrogens with zero attached hydrogens (tertiary/aromatic N) is 3. The fourth-order valence-corrected chi connectivity index (χ4v) is 6.62. The number of hydrogen-bond donors (Lipinski definition) is 0. The highest BCUT2D eigenvalue weighted by molar-refractivity contribution is 7.89. The smallest absolute Gasteiger partial charge is 0.349 e. The fourth-order valence-electron chi connectivity index (χ4n) is 3.79. The zero-order valence-electron chi connectivity index (χ0n) is 17.0. The highest BCUT2D eigenvalue weighted by Gasteiger charge is 2.36. The number of thiophene rings is 1. The molecule has 5 rings (SSSR count). The minimum Gasteiger partial charge on any atom is -0.465 e. The molecule has 0 radical (unpaired) electrons. The zero-order chi connectivity index (χ0) is 22.3. The van der Waals surface area contributed by atoms with Gasteiger partial charge >= 0.3 is 5.97 Å². The summed E-state index contributed by atoms with van der Waals surface area (Å²) in [6.07, 6.45) is 1.34. The van der Waals surface area contributed by atoms with Gasteiger partial charge in [0.05, 0.1) is 13.0 Å². The summed E-state index contributed by atoms with van der Waals surface area (Å²) in [5.41, 5.74) is 0.689. The maximum absolute atomic E-state index is 13.2. The van der Waals surface area contributed by atoms with Crippen molar-refractivity contribution in [3.63, 3.8) is 0 Å². The molecule has 0 saturated carbocycles. The summed E-state index contributed by atoms with van der Waals surface area (Å²) in [5, 5.41) is 9.86. The summed E-state index contributed by atoms with van der Waals surface area (Å²) in [5.74, 6) is 1.03. The van der Waals surface area contributed by atoms with Crippen molar-refractivity contribution in [2.24, 2.45) is 0 Å². The molecule has 0 bridgehead atoms. The van der Waals surface area contributed by atoms with E-state index in [0.717, 1.165) is 11.3 Å². The number of aromatic nitrogens is 2. The summed E-state index contributed by atoms with van der Waals surface area (Å²) in [7, 11) is -2.65. The van der Waals surface area contributed by atoms with Gasteiger partial charge in [0.1, 0.15) is 9.77 Å². The highest BCUT2D eigenvalue weighted by atomic mass is 32.2. The Morgan fingerprint density at radius 1 is 1.22 bits per heavy atom. The van der Waals surface area contributed by atoms with Crippen molar-refractivity contribution in [3.8, 4) is 23.0 Å². The normalized spacial score (nSPS) is 18.6. The van der Waals surface area contributed by atoms with E-state index in [1.165, 1.54) is 17.5 Å². The number of piperidine rings is 1. The lowest BCUT2D eigenvalue weighted by Gasteiger charge is -2.30. The van der Waals surface area contributed by atoms with Crippen LogP contribution in [0.5, 0.6) is 11.5 Å². The van der Waals surface area contributed by atoms with Crippen LogP contribution in [0.4, 0.5) is 0 Å². The fraction of sp³-hybridized carbons (Fsp3) is 0.350. The van der Waals surface area contributed by atoms with Gasteiger partial charge in [-0.1, -0.05) is 0 Å². The average molecular weight is 478 g/mol. The molecule has 0 amide bonds. The number of hydrogen-bond acceptors (Lipinski definition) is 10. The Labute approximate surface area is 187 Å². The van der Waals surface area contributed by atoms with Gasteiger partial charge in [-0.15, -0.1) is 21.5 Å². The molecule has 2 aliphatic heterocycles. The van der Waals surface area contributed by atoms with E-state index in [1.807, 2.05) is 0 Å². The molecule has 168 valence electrons. The van der Waals surface area contributed by atoms with Crippen molar-refractivity contribution in [1.29, 1.82) is 0 Å². The molecule has 12 heteroatoms. The number of esters is 1. The van der Waals surface area contributed by atoms with E-state index in [1.54, 1.807) is 23.6 Å². The van der Waals surface area contributed by atoms with Crippen LogP contribution in [0, 0.1) is 0 Å². The predicted octanol–water partition coefficient (Wildman–Crippen LogP) is 2.88. The molecule has 0 spiro atoms. The van der Waals surface area contributed by atoms with Gasteiger partial charge in [0.2, 0.25) is 28.6 Å². The van der Waals surface area contributed by atoms with Crippen LogP contribution in [-0.4, -0.2) is 55.9 Å². The van der Waals surface area contributed by atoms with Gasteiger partial charge in [-0.25, -0.2) is 13.2 Å². The van der Waals surface area contributed by atoms with Crippen LogP contribution in [0.2, 0.25) is 0 Å². The summed E-state index contributed by atoms with van der Waals surface area (Å²) in [4.78, 5) is 12.0. The number of carbonyl (C=O) groups is 1. The summed E-state index contributed by atoms with van der Waals surface area (Å²) < 4.78 is 49.1.